The molecule has 0 amide bonds. The smallest absolute Gasteiger partial charge is 0.250 e. The van der Waals surface area contributed by atoms with E-state index in [0.29, 0.717) is 31.4 Å². The van der Waals surface area contributed by atoms with Gasteiger partial charge in [0.1, 0.15) is 0 Å². The molecule has 0 N–H and O–H groups in total. The molecule has 1 atom stereocenters. The van der Waals surface area contributed by atoms with Crippen LogP contribution in [0.15, 0.2) is 24.7 Å². The molecule has 9 nitrogen and oxygen atoms in total. The van der Waals surface area contributed by atoms with E-state index < -0.39 is 5.82 Å². The summed E-state index contributed by atoms with van der Waals surface area (Å²) in [5.41, 5.74) is 4.51. The lowest BCUT2D eigenvalue weighted by molar-refractivity contribution is -0.0245. The summed E-state index contributed by atoms with van der Waals surface area (Å²) in [6.45, 7) is 4.84. The molecule has 1 unspecified atom stereocenters. The number of pyridine rings is 1. The van der Waals surface area contributed by atoms with Crippen molar-refractivity contribution in [1.82, 2.24) is 29.4 Å². The maximum atomic E-state index is 14.4. The fourth-order valence-corrected chi connectivity index (χ4v) is 4.71. The highest BCUT2D eigenvalue weighted by Crippen LogP contribution is 2.30. The topological polar surface area (TPSA) is 79.5 Å². The Kier molecular flexibility index (Phi) is 6.89. The minimum absolute atomic E-state index is 0.0305. The average Bonchev–Trinajstić information content (AvgIpc) is 3.36. The first-order valence-electron chi connectivity index (χ1n) is 11.8. The lowest BCUT2D eigenvalue weighted by Crippen LogP contribution is -2.39. The SMILES string of the molecule is COc1ncc(-n2nc(-c3cnn(CCCC4CN(C)CCO4)c3)c3c2CCOCC3)cc1F. The van der Waals surface area contributed by atoms with E-state index in [-0.39, 0.29) is 5.88 Å². The van der Waals surface area contributed by atoms with Crippen LogP contribution in [0.2, 0.25) is 0 Å². The zero-order valence-electron chi connectivity index (χ0n) is 19.7. The molecule has 182 valence electrons. The lowest BCUT2D eigenvalue weighted by atomic mass is 10.1. The van der Waals surface area contributed by atoms with Gasteiger partial charge in [-0.15, -0.1) is 0 Å². The van der Waals surface area contributed by atoms with Gasteiger partial charge in [0, 0.05) is 49.4 Å². The van der Waals surface area contributed by atoms with Gasteiger partial charge in [0.05, 0.1) is 62.5 Å². The van der Waals surface area contributed by atoms with Crippen LogP contribution < -0.4 is 4.74 Å². The van der Waals surface area contributed by atoms with Crippen LogP contribution in [-0.2, 0) is 28.9 Å². The molecule has 0 spiro atoms. The van der Waals surface area contributed by atoms with Crippen molar-refractivity contribution in [3.05, 3.63) is 41.7 Å². The Labute approximate surface area is 198 Å². The van der Waals surface area contributed by atoms with E-state index in [1.807, 2.05) is 17.1 Å². The number of ether oxygens (including phenoxy) is 3. The van der Waals surface area contributed by atoms with Crippen molar-refractivity contribution in [1.29, 1.82) is 0 Å². The quantitative estimate of drug-likeness (QED) is 0.525. The van der Waals surface area contributed by atoms with Crippen LogP contribution in [0, 0.1) is 5.82 Å². The van der Waals surface area contributed by atoms with Gasteiger partial charge in [-0.1, -0.05) is 0 Å². The van der Waals surface area contributed by atoms with Gasteiger partial charge < -0.3 is 19.1 Å². The Morgan fingerprint density at radius 1 is 1.21 bits per heavy atom. The number of methoxy groups -OCH3 is 1. The summed E-state index contributed by atoms with van der Waals surface area (Å²) in [6, 6.07) is 1.41. The summed E-state index contributed by atoms with van der Waals surface area (Å²) < 4.78 is 34.7. The van der Waals surface area contributed by atoms with Crippen molar-refractivity contribution in [3.63, 3.8) is 0 Å². The largest absolute Gasteiger partial charge is 0.479 e. The third-order valence-corrected chi connectivity index (χ3v) is 6.46. The molecule has 0 radical (unpaired) electrons. The molecule has 0 aliphatic carbocycles. The van der Waals surface area contributed by atoms with Crippen LogP contribution in [-0.4, -0.2) is 82.6 Å². The highest BCUT2D eigenvalue weighted by molar-refractivity contribution is 5.64. The Morgan fingerprint density at radius 2 is 2.09 bits per heavy atom. The van der Waals surface area contributed by atoms with Crippen LogP contribution in [0.1, 0.15) is 24.1 Å². The summed E-state index contributed by atoms with van der Waals surface area (Å²) in [5.74, 6) is -0.547. The van der Waals surface area contributed by atoms with E-state index in [0.717, 1.165) is 68.0 Å². The summed E-state index contributed by atoms with van der Waals surface area (Å²) >= 11 is 0. The Hall–Kier alpha value is -2.82. The predicted octanol–water partition coefficient (Wildman–Crippen LogP) is 2.50. The first-order chi connectivity index (χ1) is 16.6. The minimum atomic E-state index is -0.517. The Bertz CT molecular complexity index is 1130. The second-order valence-electron chi connectivity index (χ2n) is 8.87. The summed E-state index contributed by atoms with van der Waals surface area (Å²) in [7, 11) is 3.54. The van der Waals surface area contributed by atoms with Gasteiger partial charge in [0.15, 0.2) is 5.82 Å². The average molecular weight is 471 g/mol. The van der Waals surface area contributed by atoms with Gasteiger partial charge in [0.2, 0.25) is 5.88 Å². The maximum Gasteiger partial charge on any atom is 0.250 e. The van der Waals surface area contributed by atoms with Crippen LogP contribution in [0.4, 0.5) is 4.39 Å². The van der Waals surface area contributed by atoms with Gasteiger partial charge in [-0.25, -0.2) is 14.1 Å². The van der Waals surface area contributed by atoms with E-state index in [1.165, 1.54) is 13.2 Å². The van der Waals surface area contributed by atoms with Crippen molar-refractivity contribution in [2.45, 2.75) is 38.3 Å². The molecule has 0 saturated carbocycles. The van der Waals surface area contributed by atoms with Gasteiger partial charge in [-0.2, -0.15) is 10.2 Å². The first kappa shape index (κ1) is 22.9. The van der Waals surface area contributed by atoms with Crippen molar-refractivity contribution >= 4 is 0 Å². The lowest BCUT2D eigenvalue weighted by Gasteiger charge is -2.30. The standard InChI is InChI=1S/C24H31FN6O3/c1-29-8-11-34-19(16-29)4-3-7-30-15-17(13-27-30)23-20-5-9-33-10-6-22(20)31(28-23)18-12-21(25)24(32-2)26-14-18/h12-15,19H,3-11,16H2,1-2H3. The van der Waals surface area contributed by atoms with Crippen molar-refractivity contribution in [2.24, 2.45) is 0 Å². The predicted molar refractivity (Wildman–Crippen MR) is 124 cm³/mol. The Morgan fingerprint density at radius 3 is 2.91 bits per heavy atom. The van der Waals surface area contributed by atoms with E-state index in [9.17, 15) is 4.39 Å². The van der Waals surface area contributed by atoms with Crippen LogP contribution in [0.25, 0.3) is 16.9 Å². The van der Waals surface area contributed by atoms with Gasteiger partial charge in [-0.05, 0) is 26.3 Å². The number of likely N-dealkylation sites (N-methyl/N-ethyl adjacent to an activating group) is 1. The number of halogens is 1. The third-order valence-electron chi connectivity index (χ3n) is 6.46. The maximum absolute atomic E-state index is 14.4. The summed E-state index contributed by atoms with van der Waals surface area (Å²) in [4.78, 5) is 6.41. The van der Waals surface area contributed by atoms with Gasteiger partial charge in [0.25, 0.3) is 0 Å². The second kappa shape index (κ2) is 10.2. The number of hydrogen-bond acceptors (Lipinski definition) is 7. The van der Waals surface area contributed by atoms with Crippen molar-refractivity contribution in [2.75, 3.05) is 47.1 Å². The van der Waals surface area contributed by atoms with E-state index >= 15 is 0 Å². The highest BCUT2D eigenvalue weighted by atomic mass is 19.1. The molecule has 5 heterocycles. The zero-order valence-corrected chi connectivity index (χ0v) is 19.7. The van der Waals surface area contributed by atoms with Gasteiger partial charge >= 0.3 is 0 Å². The molecule has 3 aromatic heterocycles. The monoisotopic (exact) mass is 470 g/mol. The van der Waals surface area contributed by atoms with E-state index in [2.05, 4.69) is 22.0 Å². The van der Waals surface area contributed by atoms with Crippen molar-refractivity contribution in [3.8, 4) is 22.8 Å². The number of hydrogen-bond donors (Lipinski definition) is 0. The molecule has 0 aromatic carbocycles. The van der Waals surface area contributed by atoms with Crippen LogP contribution in [0.3, 0.4) is 0 Å². The molecular weight excluding hydrogens is 439 g/mol. The number of fused-ring (bicyclic) bond motifs is 1. The highest BCUT2D eigenvalue weighted by Gasteiger charge is 2.24. The number of aromatic nitrogens is 5. The molecule has 1 saturated heterocycles. The van der Waals surface area contributed by atoms with Crippen molar-refractivity contribution < 1.29 is 18.6 Å². The molecule has 5 rings (SSSR count). The molecule has 2 aliphatic heterocycles. The normalized spacial score (nSPS) is 19.1. The van der Waals surface area contributed by atoms with E-state index in [1.54, 1.807) is 10.9 Å². The Balaban J connectivity index is 1.36. The number of aryl methyl sites for hydroxylation is 1. The molecular formula is C24H31FN6O3. The summed E-state index contributed by atoms with van der Waals surface area (Å²) in [6.07, 6.45) is 9.22. The second-order valence-corrected chi connectivity index (χ2v) is 8.87. The number of rotatable bonds is 7. The fraction of sp³-hybridized carbons (Fsp3) is 0.542. The van der Waals surface area contributed by atoms with E-state index in [4.69, 9.17) is 19.3 Å². The first-order valence-corrected chi connectivity index (χ1v) is 11.8. The molecule has 10 heteroatoms. The van der Waals surface area contributed by atoms with Crippen LogP contribution >= 0.6 is 0 Å². The fourth-order valence-electron chi connectivity index (χ4n) is 4.71. The zero-order chi connectivity index (χ0) is 23.5. The molecule has 1 fully saturated rings. The minimum Gasteiger partial charge on any atom is -0.479 e. The number of nitrogens with zero attached hydrogens (tertiary/aromatic N) is 6. The molecule has 3 aromatic rings. The van der Waals surface area contributed by atoms with Gasteiger partial charge in [-0.3, -0.25) is 4.68 Å². The molecule has 0 bridgehead atoms. The number of morpholine rings is 1. The summed E-state index contributed by atoms with van der Waals surface area (Å²) in [5, 5.41) is 9.46. The molecule has 34 heavy (non-hydrogen) atoms. The molecule has 2 aliphatic rings. The van der Waals surface area contributed by atoms with Crippen LogP contribution in [0.5, 0.6) is 5.88 Å². The third kappa shape index (κ3) is 4.84.